The molecule has 0 heterocycles. The largest absolute Gasteiger partial charge is 0.494 e. The number of hydrogen-bond acceptors (Lipinski definition) is 4. The summed E-state index contributed by atoms with van der Waals surface area (Å²) in [5.41, 5.74) is 4.99. The Labute approximate surface area is 159 Å². The van der Waals surface area contributed by atoms with Gasteiger partial charge >= 0.3 is 0 Å². The van der Waals surface area contributed by atoms with Crippen molar-refractivity contribution in [3.8, 4) is 5.75 Å². The molecular weight excluding hydrogens is 342 g/mol. The number of nitrogens with zero attached hydrogens (tertiary/aromatic N) is 1. The molecule has 0 aliphatic carbocycles. The van der Waals surface area contributed by atoms with Crippen LogP contribution in [0.25, 0.3) is 0 Å². The van der Waals surface area contributed by atoms with Crippen molar-refractivity contribution in [3.05, 3.63) is 59.7 Å². The van der Waals surface area contributed by atoms with E-state index in [2.05, 4.69) is 15.8 Å². The molecule has 2 aromatic rings. The second kappa shape index (κ2) is 10.8. The highest BCUT2D eigenvalue weighted by molar-refractivity contribution is 5.94. The summed E-state index contributed by atoms with van der Waals surface area (Å²) >= 11 is 0. The fourth-order valence-electron chi connectivity index (χ4n) is 2.29. The Bertz CT molecular complexity index is 803. The van der Waals surface area contributed by atoms with Gasteiger partial charge in [-0.3, -0.25) is 9.59 Å². The van der Waals surface area contributed by atoms with Gasteiger partial charge in [0.25, 0.3) is 0 Å². The van der Waals surface area contributed by atoms with Crippen LogP contribution < -0.4 is 15.5 Å². The molecule has 0 radical (unpaired) electrons. The Kier molecular flexibility index (Phi) is 8.03. The van der Waals surface area contributed by atoms with Crippen molar-refractivity contribution in [2.75, 3.05) is 11.9 Å². The van der Waals surface area contributed by atoms with Crippen molar-refractivity contribution in [1.29, 1.82) is 0 Å². The first kappa shape index (κ1) is 20.2. The maximum atomic E-state index is 11.9. The minimum atomic E-state index is -0.315. The molecule has 2 rings (SSSR count). The van der Waals surface area contributed by atoms with Gasteiger partial charge in [-0.1, -0.05) is 37.3 Å². The molecule has 2 amide bonds. The van der Waals surface area contributed by atoms with Gasteiger partial charge in [0, 0.05) is 18.5 Å². The Morgan fingerprint density at radius 2 is 1.85 bits per heavy atom. The van der Waals surface area contributed by atoms with Gasteiger partial charge in [0.2, 0.25) is 11.8 Å². The number of nitrogens with one attached hydrogen (secondary N) is 2. The van der Waals surface area contributed by atoms with Gasteiger partial charge in [-0.15, -0.1) is 0 Å². The molecule has 0 unspecified atom stereocenters. The van der Waals surface area contributed by atoms with Crippen molar-refractivity contribution < 1.29 is 14.3 Å². The average molecular weight is 367 g/mol. The zero-order valence-corrected chi connectivity index (χ0v) is 15.7. The lowest BCUT2D eigenvalue weighted by atomic mass is 10.2. The molecule has 0 atom stereocenters. The molecule has 6 nitrogen and oxygen atoms in total. The molecule has 27 heavy (non-hydrogen) atoms. The predicted octanol–water partition coefficient (Wildman–Crippen LogP) is 3.65. The van der Waals surface area contributed by atoms with Crippen LogP contribution in [0.3, 0.4) is 0 Å². The third-order valence-corrected chi connectivity index (χ3v) is 3.73. The van der Waals surface area contributed by atoms with E-state index in [1.165, 1.54) is 0 Å². The fourth-order valence-corrected chi connectivity index (χ4v) is 2.29. The predicted molar refractivity (Wildman–Crippen MR) is 107 cm³/mol. The minimum absolute atomic E-state index is 0.0642. The number of rotatable bonds is 9. The van der Waals surface area contributed by atoms with Crippen molar-refractivity contribution >= 4 is 23.7 Å². The maximum Gasteiger partial charge on any atom is 0.240 e. The molecule has 0 aliphatic heterocycles. The van der Waals surface area contributed by atoms with Crippen molar-refractivity contribution in [3.63, 3.8) is 0 Å². The fraction of sp³-hybridized carbons (Fsp3) is 0.286. The molecule has 2 aromatic carbocycles. The van der Waals surface area contributed by atoms with Crippen LogP contribution in [0.2, 0.25) is 0 Å². The minimum Gasteiger partial charge on any atom is -0.494 e. The van der Waals surface area contributed by atoms with E-state index in [0.717, 1.165) is 29.0 Å². The number of hydrazone groups is 1. The van der Waals surface area contributed by atoms with E-state index in [1.54, 1.807) is 6.21 Å². The maximum absolute atomic E-state index is 11.9. The number of hydrogen-bond donors (Lipinski definition) is 2. The van der Waals surface area contributed by atoms with Crippen LogP contribution in [0.15, 0.2) is 53.6 Å². The summed E-state index contributed by atoms with van der Waals surface area (Å²) in [4.78, 5) is 23.8. The molecule has 0 saturated carbocycles. The lowest BCUT2D eigenvalue weighted by molar-refractivity contribution is -0.124. The van der Waals surface area contributed by atoms with Crippen LogP contribution in [-0.2, 0) is 9.59 Å². The van der Waals surface area contributed by atoms with Gasteiger partial charge in [-0.2, -0.15) is 5.10 Å². The molecule has 0 fully saturated rings. The molecule has 0 spiro atoms. The average Bonchev–Trinajstić information content (AvgIpc) is 2.67. The van der Waals surface area contributed by atoms with Crippen LogP contribution in [0.5, 0.6) is 5.75 Å². The van der Waals surface area contributed by atoms with Crippen molar-refractivity contribution in [2.24, 2.45) is 5.10 Å². The topological polar surface area (TPSA) is 79.8 Å². The monoisotopic (exact) mass is 367 g/mol. The van der Waals surface area contributed by atoms with Crippen molar-refractivity contribution in [2.45, 2.75) is 33.1 Å². The summed E-state index contributed by atoms with van der Waals surface area (Å²) in [6, 6.07) is 15.0. The van der Waals surface area contributed by atoms with Crippen LogP contribution in [-0.4, -0.2) is 24.6 Å². The number of benzene rings is 2. The number of para-hydroxylation sites is 1. The molecule has 142 valence electrons. The van der Waals surface area contributed by atoms with Gasteiger partial charge in [0.15, 0.2) is 0 Å². The highest BCUT2D eigenvalue weighted by atomic mass is 16.5. The number of ether oxygens (including phenoxy) is 1. The molecule has 0 saturated heterocycles. The summed E-state index contributed by atoms with van der Waals surface area (Å²) in [5, 5.41) is 6.73. The van der Waals surface area contributed by atoms with Crippen LogP contribution in [0.1, 0.15) is 37.3 Å². The Morgan fingerprint density at radius 1 is 1.07 bits per heavy atom. The van der Waals surface area contributed by atoms with E-state index in [1.807, 2.05) is 62.4 Å². The quantitative estimate of drug-likeness (QED) is 0.524. The van der Waals surface area contributed by atoms with Crippen LogP contribution >= 0.6 is 0 Å². The third-order valence-electron chi connectivity index (χ3n) is 3.73. The smallest absolute Gasteiger partial charge is 0.240 e. The molecule has 0 aromatic heterocycles. The first-order chi connectivity index (χ1) is 13.1. The first-order valence-corrected chi connectivity index (χ1v) is 8.98. The molecule has 2 N–H and O–H groups in total. The number of amides is 2. The normalized spacial score (nSPS) is 10.6. The second-order valence-electron chi connectivity index (χ2n) is 6.08. The Balaban J connectivity index is 1.75. The molecular formula is C21H25N3O3. The van der Waals surface area contributed by atoms with Gasteiger partial charge < -0.3 is 10.1 Å². The van der Waals surface area contributed by atoms with Gasteiger partial charge in [-0.05, 0) is 42.7 Å². The van der Waals surface area contributed by atoms with Gasteiger partial charge in [0.1, 0.15) is 5.75 Å². The Hall–Kier alpha value is -3.15. The molecule has 0 aliphatic rings. The van der Waals surface area contributed by atoms with Crippen LogP contribution in [0, 0.1) is 6.92 Å². The van der Waals surface area contributed by atoms with E-state index in [9.17, 15) is 9.59 Å². The van der Waals surface area contributed by atoms with E-state index in [0.29, 0.717) is 6.61 Å². The number of carbonyl (C=O) groups excluding carboxylic acids is 2. The number of carbonyl (C=O) groups is 2. The zero-order chi connectivity index (χ0) is 19.5. The number of aryl methyl sites for hydroxylation is 1. The summed E-state index contributed by atoms with van der Waals surface area (Å²) in [5.74, 6) is 0.244. The number of anilines is 1. The standard InChI is InChI=1S/C21H25N3O3/c1-3-13-27-18-9-6-8-17(14-18)15-22-24-21(26)12-11-20(25)23-19-10-5-4-7-16(19)2/h4-10,14-15H,3,11-13H2,1-2H3,(H,23,25)(H,24,26). The summed E-state index contributed by atoms with van der Waals surface area (Å²) < 4.78 is 5.55. The first-order valence-electron chi connectivity index (χ1n) is 8.98. The zero-order valence-electron chi connectivity index (χ0n) is 15.7. The van der Waals surface area contributed by atoms with Crippen molar-refractivity contribution in [1.82, 2.24) is 5.43 Å². The SMILES string of the molecule is CCCOc1cccc(C=NNC(=O)CCC(=O)Nc2ccccc2C)c1. The van der Waals surface area contributed by atoms with E-state index >= 15 is 0 Å². The summed E-state index contributed by atoms with van der Waals surface area (Å²) in [7, 11) is 0. The third kappa shape index (κ3) is 7.32. The van der Waals surface area contributed by atoms with Gasteiger partial charge in [-0.25, -0.2) is 5.43 Å². The highest BCUT2D eigenvalue weighted by Crippen LogP contribution is 2.14. The molecule has 6 heteroatoms. The lowest BCUT2D eigenvalue weighted by Crippen LogP contribution is -2.20. The summed E-state index contributed by atoms with van der Waals surface area (Å²) in [6.45, 7) is 4.61. The van der Waals surface area contributed by atoms with Crippen LogP contribution in [0.4, 0.5) is 5.69 Å². The second-order valence-corrected chi connectivity index (χ2v) is 6.08. The Morgan fingerprint density at radius 3 is 2.63 bits per heavy atom. The van der Waals surface area contributed by atoms with E-state index < -0.39 is 0 Å². The summed E-state index contributed by atoms with van der Waals surface area (Å²) in [6.07, 6.45) is 2.64. The van der Waals surface area contributed by atoms with E-state index in [-0.39, 0.29) is 24.7 Å². The highest BCUT2D eigenvalue weighted by Gasteiger charge is 2.07. The van der Waals surface area contributed by atoms with Gasteiger partial charge in [0.05, 0.1) is 12.8 Å². The van der Waals surface area contributed by atoms with E-state index in [4.69, 9.17) is 4.74 Å². The lowest BCUT2D eigenvalue weighted by Gasteiger charge is -2.07. The molecule has 0 bridgehead atoms.